The van der Waals surface area contributed by atoms with Gasteiger partial charge in [0.25, 0.3) is 0 Å². The molecule has 0 bridgehead atoms. The number of pyridine rings is 1. The summed E-state index contributed by atoms with van der Waals surface area (Å²) >= 11 is 10.5. The zero-order chi connectivity index (χ0) is 8.97. The van der Waals surface area contributed by atoms with Gasteiger partial charge in [-0.15, -0.1) is 0 Å². The van der Waals surface area contributed by atoms with Crippen molar-refractivity contribution in [2.75, 3.05) is 12.4 Å². The van der Waals surface area contributed by atoms with Crippen molar-refractivity contribution in [3.63, 3.8) is 0 Å². The molecule has 0 saturated heterocycles. The second-order valence-electron chi connectivity index (χ2n) is 2.07. The minimum absolute atomic E-state index is 0.532. The topological polar surface area (TPSA) is 37.0 Å². The highest BCUT2D eigenvalue weighted by molar-refractivity contribution is 7.80. The number of hydrogen-bond acceptors (Lipinski definition) is 2. The van der Waals surface area contributed by atoms with E-state index in [-0.39, 0.29) is 0 Å². The average Bonchev–Trinajstić information content (AvgIpc) is 2.09. The second-order valence-corrected chi connectivity index (χ2v) is 2.91. The molecular formula is C7H8ClN3S. The first-order valence-corrected chi connectivity index (χ1v) is 4.11. The Bertz CT molecular complexity index is 272. The third-order valence-corrected chi connectivity index (χ3v) is 1.73. The van der Waals surface area contributed by atoms with Gasteiger partial charge in [0.1, 0.15) is 5.82 Å². The lowest BCUT2D eigenvalue weighted by molar-refractivity contribution is 1.18. The Morgan fingerprint density at radius 3 is 2.83 bits per heavy atom. The third kappa shape index (κ3) is 2.64. The minimum Gasteiger partial charge on any atom is -0.365 e. The normalized spacial score (nSPS) is 9.17. The third-order valence-electron chi connectivity index (χ3n) is 1.20. The summed E-state index contributed by atoms with van der Waals surface area (Å²) in [5.41, 5.74) is 0. The van der Waals surface area contributed by atoms with Gasteiger partial charge in [-0.05, 0) is 24.4 Å². The SMILES string of the molecule is CNC(=S)Nc1ccc(Cl)cn1. The molecule has 5 heteroatoms. The van der Waals surface area contributed by atoms with Crippen LogP contribution in [0.1, 0.15) is 0 Å². The molecule has 1 aromatic rings. The molecule has 0 aliphatic heterocycles. The van der Waals surface area contributed by atoms with Gasteiger partial charge in [-0.1, -0.05) is 11.6 Å². The molecule has 0 aromatic carbocycles. The van der Waals surface area contributed by atoms with Crippen LogP contribution in [0.4, 0.5) is 5.82 Å². The molecule has 1 aromatic heterocycles. The Kier molecular flexibility index (Phi) is 3.25. The fourth-order valence-electron chi connectivity index (χ4n) is 0.629. The Balaban J connectivity index is 2.64. The number of thiocarbonyl (C=S) groups is 1. The van der Waals surface area contributed by atoms with E-state index in [9.17, 15) is 0 Å². The van der Waals surface area contributed by atoms with Gasteiger partial charge in [0.05, 0.1) is 5.02 Å². The van der Waals surface area contributed by atoms with Crippen molar-refractivity contribution in [3.8, 4) is 0 Å². The summed E-state index contributed by atoms with van der Waals surface area (Å²) in [6.07, 6.45) is 1.56. The predicted molar refractivity (Wildman–Crippen MR) is 54.5 cm³/mol. The maximum Gasteiger partial charge on any atom is 0.171 e. The summed E-state index contributed by atoms with van der Waals surface area (Å²) in [7, 11) is 1.74. The average molecular weight is 202 g/mol. The Morgan fingerprint density at radius 1 is 1.58 bits per heavy atom. The van der Waals surface area contributed by atoms with Crippen LogP contribution in [-0.4, -0.2) is 17.1 Å². The van der Waals surface area contributed by atoms with Gasteiger partial charge in [-0.3, -0.25) is 0 Å². The molecule has 12 heavy (non-hydrogen) atoms. The van der Waals surface area contributed by atoms with Gasteiger partial charge in [0.2, 0.25) is 0 Å². The maximum absolute atomic E-state index is 5.64. The van der Waals surface area contributed by atoms with Crippen molar-refractivity contribution in [1.29, 1.82) is 0 Å². The fourth-order valence-corrected chi connectivity index (χ4v) is 0.845. The lowest BCUT2D eigenvalue weighted by Crippen LogP contribution is -2.24. The number of rotatable bonds is 1. The van der Waals surface area contributed by atoms with Crippen molar-refractivity contribution < 1.29 is 0 Å². The Morgan fingerprint density at radius 2 is 2.33 bits per heavy atom. The first-order valence-electron chi connectivity index (χ1n) is 3.32. The molecule has 0 atom stereocenters. The second kappa shape index (κ2) is 4.23. The molecule has 0 saturated carbocycles. The summed E-state index contributed by atoms with van der Waals surface area (Å²) in [6, 6.07) is 3.50. The Hall–Kier alpha value is -0.870. The molecule has 0 fully saturated rings. The van der Waals surface area contributed by atoms with Crippen LogP contribution in [0.5, 0.6) is 0 Å². The summed E-state index contributed by atoms with van der Waals surface area (Å²) < 4.78 is 0. The molecule has 1 heterocycles. The number of nitrogens with zero attached hydrogens (tertiary/aromatic N) is 1. The summed E-state index contributed by atoms with van der Waals surface area (Å²) in [4.78, 5) is 4.00. The lowest BCUT2D eigenvalue weighted by Gasteiger charge is -2.04. The molecule has 2 N–H and O–H groups in total. The molecule has 0 aliphatic carbocycles. The highest BCUT2D eigenvalue weighted by Crippen LogP contribution is 2.08. The highest BCUT2D eigenvalue weighted by atomic mass is 35.5. The number of anilines is 1. The highest BCUT2D eigenvalue weighted by Gasteiger charge is 1.94. The number of hydrogen-bond donors (Lipinski definition) is 2. The standard InChI is InChI=1S/C7H8ClN3S/c1-9-7(12)11-6-3-2-5(8)4-10-6/h2-4H,1H3,(H2,9,10,11,12). The summed E-state index contributed by atoms with van der Waals surface area (Å²) in [6.45, 7) is 0. The van der Waals surface area contributed by atoms with Gasteiger partial charge < -0.3 is 10.6 Å². The van der Waals surface area contributed by atoms with Crippen LogP contribution >= 0.6 is 23.8 Å². The molecule has 3 nitrogen and oxygen atoms in total. The number of aromatic nitrogens is 1. The van der Waals surface area contributed by atoms with Gasteiger partial charge in [0.15, 0.2) is 5.11 Å². The molecule has 0 unspecified atom stereocenters. The largest absolute Gasteiger partial charge is 0.365 e. The van der Waals surface area contributed by atoms with E-state index in [2.05, 4.69) is 15.6 Å². The van der Waals surface area contributed by atoms with E-state index in [1.807, 2.05) is 0 Å². The van der Waals surface area contributed by atoms with E-state index in [4.69, 9.17) is 23.8 Å². The summed E-state index contributed by atoms with van der Waals surface area (Å²) in [5.74, 6) is 0.679. The predicted octanol–water partition coefficient (Wildman–Crippen LogP) is 1.65. The zero-order valence-electron chi connectivity index (χ0n) is 6.47. The molecule has 1 rings (SSSR count). The van der Waals surface area contributed by atoms with Gasteiger partial charge >= 0.3 is 0 Å². The van der Waals surface area contributed by atoms with E-state index >= 15 is 0 Å². The molecule has 0 spiro atoms. The maximum atomic E-state index is 5.64. The van der Waals surface area contributed by atoms with Gasteiger partial charge in [0, 0.05) is 13.2 Å². The van der Waals surface area contributed by atoms with Crippen molar-refractivity contribution in [1.82, 2.24) is 10.3 Å². The Labute approximate surface area is 81.1 Å². The van der Waals surface area contributed by atoms with Crippen molar-refractivity contribution in [2.24, 2.45) is 0 Å². The van der Waals surface area contributed by atoms with Crippen LogP contribution in [0.3, 0.4) is 0 Å². The fraction of sp³-hybridized carbons (Fsp3) is 0.143. The van der Waals surface area contributed by atoms with E-state index in [0.717, 1.165) is 0 Å². The van der Waals surface area contributed by atoms with Crippen LogP contribution in [0.25, 0.3) is 0 Å². The molecule has 64 valence electrons. The lowest BCUT2D eigenvalue weighted by atomic mass is 10.5. The first kappa shape index (κ1) is 9.22. The first-order chi connectivity index (χ1) is 5.72. The molecule has 0 amide bonds. The van der Waals surface area contributed by atoms with Crippen molar-refractivity contribution in [2.45, 2.75) is 0 Å². The van der Waals surface area contributed by atoms with E-state index in [1.54, 1.807) is 25.4 Å². The van der Waals surface area contributed by atoms with Crippen LogP contribution in [0.2, 0.25) is 5.02 Å². The van der Waals surface area contributed by atoms with Gasteiger partial charge in [-0.2, -0.15) is 0 Å². The zero-order valence-corrected chi connectivity index (χ0v) is 8.04. The van der Waals surface area contributed by atoms with Crippen LogP contribution < -0.4 is 10.6 Å². The van der Waals surface area contributed by atoms with Crippen LogP contribution in [0, 0.1) is 0 Å². The van der Waals surface area contributed by atoms with E-state index in [1.165, 1.54) is 0 Å². The van der Waals surface area contributed by atoms with Crippen LogP contribution in [0.15, 0.2) is 18.3 Å². The van der Waals surface area contributed by atoms with Crippen LogP contribution in [-0.2, 0) is 0 Å². The number of nitrogens with one attached hydrogen (secondary N) is 2. The molecular weight excluding hydrogens is 194 g/mol. The van der Waals surface area contributed by atoms with Gasteiger partial charge in [-0.25, -0.2) is 4.98 Å². The van der Waals surface area contributed by atoms with Crippen molar-refractivity contribution in [3.05, 3.63) is 23.4 Å². The quantitative estimate of drug-likeness (QED) is 0.678. The number of halogens is 1. The van der Waals surface area contributed by atoms with E-state index in [0.29, 0.717) is 16.0 Å². The van der Waals surface area contributed by atoms with E-state index < -0.39 is 0 Å². The molecule has 0 aliphatic rings. The van der Waals surface area contributed by atoms with Crippen molar-refractivity contribution >= 4 is 34.7 Å². The molecule has 0 radical (unpaired) electrons. The smallest absolute Gasteiger partial charge is 0.171 e. The summed E-state index contributed by atoms with van der Waals surface area (Å²) in [5, 5.41) is 6.78. The minimum atomic E-state index is 0.532. The monoisotopic (exact) mass is 201 g/mol.